The Hall–Kier alpha value is -1.38. The van der Waals surface area contributed by atoms with E-state index in [0.29, 0.717) is 0 Å². The minimum Gasteiger partial charge on any atom is -0.449 e. The van der Waals surface area contributed by atoms with Crippen molar-refractivity contribution >= 4 is 27.7 Å². The van der Waals surface area contributed by atoms with Gasteiger partial charge < -0.3 is 4.74 Å². The fraction of sp³-hybridized carbons (Fsp3) is 0.222. The lowest BCUT2D eigenvalue weighted by Gasteiger charge is -2.08. The monoisotopic (exact) mass is 296 g/mol. The van der Waals surface area contributed by atoms with E-state index in [1.807, 2.05) is 5.43 Å². The lowest BCUT2D eigenvalue weighted by molar-refractivity contribution is 0.150. The molecule has 0 atom stereocenters. The van der Waals surface area contributed by atoms with E-state index in [9.17, 15) is 17.6 Å². The molecule has 0 aliphatic rings. The molecule has 1 amide bonds. The normalized spacial score (nSPS) is 11.1. The molecule has 1 aromatic carbocycles. The Labute approximate surface area is 108 Å². The number of benzene rings is 1. The van der Waals surface area contributed by atoms with Gasteiger partial charge >= 0.3 is 6.09 Å². The number of ether oxygens (including phenoxy) is 1. The highest BCUT2D eigenvalue weighted by molar-refractivity contribution is 7.89. The van der Waals surface area contributed by atoms with E-state index in [1.165, 1.54) is 0 Å². The number of nitrogens with one attached hydrogen (secondary N) is 2. The van der Waals surface area contributed by atoms with Crippen LogP contribution in [0.4, 0.5) is 9.18 Å². The number of halogens is 2. The molecule has 0 fully saturated rings. The van der Waals surface area contributed by atoms with Crippen LogP contribution in [-0.2, 0) is 14.8 Å². The van der Waals surface area contributed by atoms with Gasteiger partial charge in [0.2, 0.25) is 0 Å². The van der Waals surface area contributed by atoms with Crippen molar-refractivity contribution in [3.05, 3.63) is 29.0 Å². The maximum Gasteiger partial charge on any atom is 0.422 e. The van der Waals surface area contributed by atoms with E-state index >= 15 is 0 Å². The maximum atomic E-state index is 12.9. The average Bonchev–Trinajstić information content (AvgIpc) is 2.30. The molecule has 0 unspecified atom stereocenters. The first-order valence-corrected chi connectivity index (χ1v) is 6.62. The zero-order valence-electron chi connectivity index (χ0n) is 9.24. The molecule has 100 valence electrons. The van der Waals surface area contributed by atoms with Gasteiger partial charge in [-0.05, 0) is 25.1 Å². The Bertz CT molecular complexity index is 549. The summed E-state index contributed by atoms with van der Waals surface area (Å²) in [5, 5.41) is -0.339. The molecule has 6 nitrogen and oxygen atoms in total. The van der Waals surface area contributed by atoms with Crippen molar-refractivity contribution in [1.29, 1.82) is 0 Å². The van der Waals surface area contributed by atoms with E-state index in [4.69, 9.17) is 11.6 Å². The number of carbonyl (C=O) groups excluding carboxylic acids is 1. The largest absolute Gasteiger partial charge is 0.449 e. The van der Waals surface area contributed by atoms with Crippen LogP contribution in [0.15, 0.2) is 23.1 Å². The Balaban J connectivity index is 2.80. The van der Waals surface area contributed by atoms with E-state index in [-0.39, 0.29) is 16.5 Å². The smallest absolute Gasteiger partial charge is 0.422 e. The van der Waals surface area contributed by atoms with Crippen molar-refractivity contribution in [2.24, 2.45) is 0 Å². The third-order valence-electron chi connectivity index (χ3n) is 1.76. The Morgan fingerprint density at radius 2 is 2.17 bits per heavy atom. The molecule has 18 heavy (non-hydrogen) atoms. The number of amides is 1. The van der Waals surface area contributed by atoms with Crippen LogP contribution in [0.3, 0.4) is 0 Å². The molecule has 0 aliphatic heterocycles. The quantitative estimate of drug-likeness (QED) is 0.823. The summed E-state index contributed by atoms with van der Waals surface area (Å²) in [6.45, 7) is 1.66. The fourth-order valence-electron chi connectivity index (χ4n) is 0.979. The van der Waals surface area contributed by atoms with Crippen LogP contribution in [-0.4, -0.2) is 21.1 Å². The number of hydrazine groups is 1. The number of rotatable bonds is 4. The van der Waals surface area contributed by atoms with Crippen LogP contribution < -0.4 is 10.3 Å². The zero-order chi connectivity index (χ0) is 13.8. The predicted octanol–water partition coefficient (Wildman–Crippen LogP) is 1.42. The molecule has 0 spiro atoms. The molecule has 1 rings (SSSR count). The summed E-state index contributed by atoms with van der Waals surface area (Å²) < 4.78 is 40.6. The summed E-state index contributed by atoms with van der Waals surface area (Å²) in [6.07, 6.45) is -0.950. The average molecular weight is 297 g/mol. The van der Waals surface area contributed by atoms with Gasteiger partial charge in [0, 0.05) is 0 Å². The van der Waals surface area contributed by atoms with Gasteiger partial charge in [-0.25, -0.2) is 23.0 Å². The van der Waals surface area contributed by atoms with Crippen molar-refractivity contribution in [2.45, 2.75) is 11.8 Å². The molecule has 2 N–H and O–H groups in total. The third kappa shape index (κ3) is 3.83. The van der Waals surface area contributed by atoms with Gasteiger partial charge in [0.25, 0.3) is 10.0 Å². The minimum atomic E-state index is -4.03. The summed E-state index contributed by atoms with van der Waals surface area (Å²) in [7, 11) is -4.03. The SMILES string of the molecule is CCOC(=O)NNS(=O)(=O)c1ccc(F)c(Cl)c1. The minimum absolute atomic E-state index is 0.0932. The van der Waals surface area contributed by atoms with Gasteiger partial charge in [0.15, 0.2) is 0 Å². The van der Waals surface area contributed by atoms with Gasteiger partial charge in [0.05, 0.1) is 16.5 Å². The molecule has 0 aromatic heterocycles. The second-order valence-corrected chi connectivity index (χ2v) is 5.12. The zero-order valence-corrected chi connectivity index (χ0v) is 10.8. The topological polar surface area (TPSA) is 84.5 Å². The Kier molecular flexibility index (Phi) is 4.88. The molecule has 0 bridgehead atoms. The second kappa shape index (κ2) is 5.98. The number of hydrogen-bond donors (Lipinski definition) is 2. The van der Waals surface area contributed by atoms with Crippen LogP contribution >= 0.6 is 11.6 Å². The first-order chi connectivity index (χ1) is 8.36. The van der Waals surface area contributed by atoms with E-state index in [2.05, 4.69) is 4.74 Å². The molecule has 0 saturated carbocycles. The van der Waals surface area contributed by atoms with E-state index in [0.717, 1.165) is 18.2 Å². The van der Waals surface area contributed by atoms with Gasteiger partial charge in [0.1, 0.15) is 5.82 Å². The highest BCUT2D eigenvalue weighted by atomic mass is 35.5. The molecule has 9 heteroatoms. The van der Waals surface area contributed by atoms with Crippen molar-refractivity contribution < 1.29 is 22.3 Å². The molecule has 0 aliphatic carbocycles. The molecule has 0 heterocycles. The van der Waals surface area contributed by atoms with Crippen molar-refractivity contribution in [3.8, 4) is 0 Å². The Morgan fingerprint density at radius 1 is 1.50 bits per heavy atom. The van der Waals surface area contributed by atoms with E-state index in [1.54, 1.807) is 11.8 Å². The molecule has 0 saturated heterocycles. The van der Waals surface area contributed by atoms with Crippen LogP contribution in [0.5, 0.6) is 0 Å². The number of sulfonamides is 1. The molecule has 0 radical (unpaired) electrons. The highest BCUT2D eigenvalue weighted by Gasteiger charge is 2.16. The van der Waals surface area contributed by atoms with Crippen LogP contribution in [0.1, 0.15) is 6.92 Å². The van der Waals surface area contributed by atoms with Crippen LogP contribution in [0.2, 0.25) is 5.02 Å². The fourth-order valence-corrected chi connectivity index (χ4v) is 2.08. The molecular formula is C9H10ClFN2O4S. The molecule has 1 aromatic rings. The predicted molar refractivity (Wildman–Crippen MR) is 61.9 cm³/mol. The lowest BCUT2D eigenvalue weighted by Crippen LogP contribution is -2.41. The standard InChI is InChI=1S/C9H10ClFN2O4S/c1-2-17-9(14)12-13-18(15,16)6-3-4-8(11)7(10)5-6/h3-5,13H,2H2,1H3,(H,12,14). The van der Waals surface area contributed by atoms with Crippen LogP contribution in [0, 0.1) is 5.82 Å². The highest BCUT2D eigenvalue weighted by Crippen LogP contribution is 2.18. The summed E-state index contributed by atoms with van der Waals surface area (Å²) in [4.78, 5) is 12.4. The molecular weight excluding hydrogens is 287 g/mol. The summed E-state index contributed by atoms with van der Waals surface area (Å²) >= 11 is 5.45. The van der Waals surface area contributed by atoms with Gasteiger partial charge in [-0.15, -0.1) is 4.83 Å². The summed E-state index contributed by atoms with van der Waals surface area (Å²) in [5.74, 6) is -0.742. The first-order valence-electron chi connectivity index (χ1n) is 4.76. The second-order valence-electron chi connectivity index (χ2n) is 3.03. The summed E-state index contributed by atoms with van der Waals surface area (Å²) in [5.41, 5.74) is 1.82. The number of hydrogen-bond acceptors (Lipinski definition) is 4. The maximum absolute atomic E-state index is 12.9. The van der Waals surface area contributed by atoms with Gasteiger partial charge in [-0.1, -0.05) is 11.6 Å². The van der Waals surface area contributed by atoms with Crippen molar-refractivity contribution in [1.82, 2.24) is 10.3 Å². The van der Waals surface area contributed by atoms with Gasteiger partial charge in [-0.3, -0.25) is 0 Å². The third-order valence-corrected chi connectivity index (χ3v) is 3.30. The van der Waals surface area contributed by atoms with Crippen molar-refractivity contribution in [3.63, 3.8) is 0 Å². The van der Waals surface area contributed by atoms with Gasteiger partial charge in [-0.2, -0.15) is 0 Å². The van der Waals surface area contributed by atoms with E-state index < -0.39 is 21.9 Å². The van der Waals surface area contributed by atoms with Crippen molar-refractivity contribution in [2.75, 3.05) is 6.61 Å². The first kappa shape index (κ1) is 14.7. The number of carbonyl (C=O) groups is 1. The van der Waals surface area contributed by atoms with Crippen LogP contribution in [0.25, 0.3) is 0 Å². The summed E-state index contributed by atoms with van der Waals surface area (Å²) in [6, 6.07) is 2.84. The lowest BCUT2D eigenvalue weighted by atomic mass is 10.3. The Morgan fingerprint density at radius 3 is 2.72 bits per heavy atom.